The third-order valence-corrected chi connectivity index (χ3v) is 1.90. The molecule has 0 fully saturated rings. The second-order valence-corrected chi connectivity index (χ2v) is 3.07. The maximum Gasteiger partial charge on any atom is 0.253 e. The minimum Gasteiger partial charge on any atom is -0.491 e. The van der Waals surface area contributed by atoms with Crippen LogP contribution in [0.3, 0.4) is 0 Å². The van der Waals surface area contributed by atoms with Gasteiger partial charge in [-0.25, -0.2) is 4.39 Å². The van der Waals surface area contributed by atoms with Crippen molar-refractivity contribution in [2.45, 2.75) is 0 Å². The normalized spacial score (nSPS) is 10.1. The van der Waals surface area contributed by atoms with Gasteiger partial charge in [0.2, 0.25) is 0 Å². The summed E-state index contributed by atoms with van der Waals surface area (Å²) in [7, 11) is 1.52. The Morgan fingerprint density at radius 1 is 1.44 bits per heavy atom. The number of benzene rings is 1. The zero-order valence-electron chi connectivity index (χ0n) is 8.83. The zero-order chi connectivity index (χ0) is 12.1. The summed E-state index contributed by atoms with van der Waals surface area (Å²) in [5.74, 6) is -1.46. The van der Waals surface area contributed by atoms with Gasteiger partial charge in [-0.15, -0.1) is 0 Å². The average molecular weight is 228 g/mol. The lowest BCUT2D eigenvalue weighted by molar-refractivity contribution is 0.0997. The molecule has 0 aliphatic carbocycles. The van der Waals surface area contributed by atoms with Gasteiger partial charge in [-0.3, -0.25) is 4.79 Å². The monoisotopic (exact) mass is 228 g/mol. The number of amides is 1. The van der Waals surface area contributed by atoms with Crippen molar-refractivity contribution in [1.29, 1.82) is 0 Å². The van der Waals surface area contributed by atoms with Crippen LogP contribution in [0.4, 0.5) is 10.1 Å². The van der Waals surface area contributed by atoms with Crippen LogP contribution in [0.2, 0.25) is 0 Å². The first-order valence-electron chi connectivity index (χ1n) is 4.56. The maximum atomic E-state index is 13.4. The van der Waals surface area contributed by atoms with Crippen LogP contribution in [0.25, 0.3) is 0 Å². The number of hydrogen-bond acceptors (Lipinski definition) is 4. The van der Waals surface area contributed by atoms with E-state index in [2.05, 4.69) is 0 Å². The lowest BCUT2D eigenvalue weighted by atomic mass is 10.1. The molecule has 16 heavy (non-hydrogen) atoms. The Morgan fingerprint density at radius 3 is 2.62 bits per heavy atom. The highest BCUT2D eigenvalue weighted by molar-refractivity contribution is 5.98. The molecule has 6 heteroatoms. The van der Waals surface area contributed by atoms with Crippen LogP contribution in [0.5, 0.6) is 5.75 Å². The van der Waals surface area contributed by atoms with E-state index in [1.54, 1.807) is 0 Å². The van der Waals surface area contributed by atoms with E-state index in [0.29, 0.717) is 6.61 Å². The zero-order valence-corrected chi connectivity index (χ0v) is 8.83. The van der Waals surface area contributed by atoms with Gasteiger partial charge < -0.3 is 20.9 Å². The SMILES string of the molecule is COCCOc1cc(N)c(C(N)=O)c(F)c1. The van der Waals surface area contributed by atoms with E-state index >= 15 is 0 Å². The predicted octanol–water partition coefficient (Wildman–Crippen LogP) is 0.532. The Morgan fingerprint density at radius 2 is 2.12 bits per heavy atom. The molecule has 0 spiro atoms. The van der Waals surface area contributed by atoms with Gasteiger partial charge in [0, 0.05) is 19.2 Å². The van der Waals surface area contributed by atoms with E-state index in [-0.39, 0.29) is 23.6 Å². The van der Waals surface area contributed by atoms with Crippen LogP contribution >= 0.6 is 0 Å². The third kappa shape index (κ3) is 2.83. The smallest absolute Gasteiger partial charge is 0.253 e. The molecular formula is C10H13FN2O3. The van der Waals surface area contributed by atoms with E-state index in [9.17, 15) is 9.18 Å². The molecule has 88 valence electrons. The number of methoxy groups -OCH3 is 1. The number of nitrogens with two attached hydrogens (primary N) is 2. The first kappa shape index (κ1) is 12.3. The predicted molar refractivity (Wildman–Crippen MR) is 56.7 cm³/mol. The number of ether oxygens (including phenoxy) is 2. The quantitative estimate of drug-likeness (QED) is 0.568. The fraction of sp³-hybridized carbons (Fsp3) is 0.300. The molecule has 1 aromatic rings. The summed E-state index contributed by atoms with van der Waals surface area (Å²) in [6, 6.07) is 2.41. The molecule has 4 N–H and O–H groups in total. The Kier molecular flexibility index (Phi) is 4.07. The highest BCUT2D eigenvalue weighted by Crippen LogP contribution is 2.23. The van der Waals surface area contributed by atoms with Crippen LogP contribution in [0, 0.1) is 5.82 Å². The summed E-state index contributed by atoms with van der Waals surface area (Å²) in [4.78, 5) is 10.9. The van der Waals surface area contributed by atoms with Gasteiger partial charge in [-0.1, -0.05) is 0 Å². The molecule has 1 amide bonds. The molecule has 1 rings (SSSR count). The summed E-state index contributed by atoms with van der Waals surface area (Å²) in [5.41, 5.74) is 10.1. The number of carbonyl (C=O) groups excluding carboxylic acids is 1. The number of carbonyl (C=O) groups is 1. The van der Waals surface area contributed by atoms with Crippen LogP contribution in [-0.4, -0.2) is 26.2 Å². The van der Waals surface area contributed by atoms with Gasteiger partial charge in [-0.05, 0) is 0 Å². The topological polar surface area (TPSA) is 87.6 Å². The number of hydrogen-bond donors (Lipinski definition) is 2. The standard InChI is InChI=1S/C10H13FN2O3/c1-15-2-3-16-6-4-7(11)9(10(13)14)8(12)5-6/h4-5H,2-3,12H2,1H3,(H2,13,14). The van der Waals surface area contributed by atoms with Crippen molar-refractivity contribution < 1.29 is 18.7 Å². The number of anilines is 1. The second kappa shape index (κ2) is 5.32. The molecule has 5 nitrogen and oxygen atoms in total. The lowest BCUT2D eigenvalue weighted by Crippen LogP contribution is -2.16. The second-order valence-electron chi connectivity index (χ2n) is 3.07. The molecule has 0 unspecified atom stereocenters. The lowest BCUT2D eigenvalue weighted by Gasteiger charge is -2.09. The van der Waals surface area contributed by atoms with Crippen molar-refractivity contribution in [3.8, 4) is 5.75 Å². The van der Waals surface area contributed by atoms with Crippen molar-refractivity contribution in [3.05, 3.63) is 23.5 Å². The summed E-state index contributed by atoms with van der Waals surface area (Å²) >= 11 is 0. The van der Waals surface area contributed by atoms with Gasteiger partial charge in [0.1, 0.15) is 18.2 Å². The summed E-state index contributed by atoms with van der Waals surface area (Å²) in [5, 5.41) is 0. The Bertz CT molecular complexity index is 373. The average Bonchev–Trinajstić information content (AvgIpc) is 2.16. The van der Waals surface area contributed by atoms with E-state index in [1.165, 1.54) is 13.2 Å². The number of rotatable bonds is 5. The van der Waals surface area contributed by atoms with Crippen LogP contribution in [0.1, 0.15) is 10.4 Å². The van der Waals surface area contributed by atoms with E-state index in [1.807, 2.05) is 0 Å². The van der Waals surface area contributed by atoms with Gasteiger partial charge in [0.15, 0.2) is 0 Å². The largest absolute Gasteiger partial charge is 0.491 e. The van der Waals surface area contributed by atoms with Crippen molar-refractivity contribution in [2.75, 3.05) is 26.1 Å². The first-order valence-corrected chi connectivity index (χ1v) is 4.56. The molecule has 1 aromatic carbocycles. The van der Waals surface area contributed by atoms with Gasteiger partial charge in [0.05, 0.1) is 17.9 Å². The third-order valence-electron chi connectivity index (χ3n) is 1.90. The Hall–Kier alpha value is -1.82. The van der Waals surface area contributed by atoms with Crippen molar-refractivity contribution >= 4 is 11.6 Å². The molecule has 0 aliphatic rings. The van der Waals surface area contributed by atoms with Crippen LogP contribution < -0.4 is 16.2 Å². The number of primary amides is 1. The minimum absolute atomic E-state index is 0.0417. The summed E-state index contributed by atoms with van der Waals surface area (Å²) < 4.78 is 23.3. The fourth-order valence-corrected chi connectivity index (χ4v) is 1.19. The van der Waals surface area contributed by atoms with E-state index in [4.69, 9.17) is 20.9 Å². The molecular weight excluding hydrogens is 215 g/mol. The van der Waals surface area contributed by atoms with Gasteiger partial charge >= 0.3 is 0 Å². The Labute approximate surface area is 92.1 Å². The Balaban J connectivity index is 2.87. The molecule has 0 saturated heterocycles. The summed E-state index contributed by atoms with van der Waals surface area (Å²) in [6.07, 6.45) is 0. The molecule has 0 aliphatic heterocycles. The van der Waals surface area contributed by atoms with E-state index < -0.39 is 11.7 Å². The highest BCUT2D eigenvalue weighted by Gasteiger charge is 2.14. The molecule has 0 aromatic heterocycles. The number of halogens is 1. The van der Waals surface area contributed by atoms with Crippen molar-refractivity contribution in [1.82, 2.24) is 0 Å². The fourth-order valence-electron chi connectivity index (χ4n) is 1.19. The molecule has 0 radical (unpaired) electrons. The molecule has 0 saturated carbocycles. The molecule has 0 bridgehead atoms. The summed E-state index contributed by atoms with van der Waals surface area (Å²) in [6.45, 7) is 0.643. The highest BCUT2D eigenvalue weighted by atomic mass is 19.1. The number of nitrogen functional groups attached to an aromatic ring is 1. The van der Waals surface area contributed by atoms with Gasteiger partial charge in [-0.2, -0.15) is 0 Å². The minimum atomic E-state index is -0.904. The first-order chi connectivity index (χ1) is 7.56. The van der Waals surface area contributed by atoms with Gasteiger partial charge in [0.25, 0.3) is 5.91 Å². The molecule has 0 atom stereocenters. The molecule has 0 heterocycles. The maximum absolute atomic E-state index is 13.4. The van der Waals surface area contributed by atoms with Crippen molar-refractivity contribution in [3.63, 3.8) is 0 Å². The van der Waals surface area contributed by atoms with E-state index in [0.717, 1.165) is 6.07 Å². The van der Waals surface area contributed by atoms with Crippen molar-refractivity contribution in [2.24, 2.45) is 5.73 Å². The van der Waals surface area contributed by atoms with Crippen LogP contribution in [0.15, 0.2) is 12.1 Å². The van der Waals surface area contributed by atoms with Crippen LogP contribution in [-0.2, 0) is 4.74 Å².